The molecule has 194 valence electrons. The first kappa shape index (κ1) is 26.0. The molecule has 2 aliphatic heterocycles. The number of halogens is 1. The molecule has 0 spiro atoms. The summed E-state index contributed by atoms with van der Waals surface area (Å²) in [5.74, 6) is -0.0787. The van der Waals surface area contributed by atoms with Crippen molar-refractivity contribution in [2.75, 3.05) is 23.0 Å². The SMILES string of the molecule is CC.CC1(C)CC2=C(C(c3ccc(OCC4=CCCC=C4)cc3F)Nc3ccccc3N2)S(=O)(=O)C1.[HH]. The van der Waals surface area contributed by atoms with Crippen LogP contribution in [0.3, 0.4) is 0 Å². The van der Waals surface area contributed by atoms with Crippen LogP contribution in [0.1, 0.15) is 60.0 Å². The summed E-state index contributed by atoms with van der Waals surface area (Å²) in [7, 11) is -3.64. The zero-order valence-electron chi connectivity index (χ0n) is 21.4. The molecule has 0 amide bonds. The number of para-hydroxylation sites is 2. The Kier molecular flexibility index (Phi) is 7.59. The van der Waals surface area contributed by atoms with E-state index < -0.39 is 27.1 Å². The first-order valence-corrected chi connectivity index (χ1v) is 14.2. The predicted molar refractivity (Wildman–Crippen MR) is 147 cm³/mol. The highest BCUT2D eigenvalue weighted by Gasteiger charge is 2.43. The largest absolute Gasteiger partial charge is 0.489 e. The zero-order valence-corrected chi connectivity index (χ0v) is 22.2. The normalized spacial score (nSPS) is 21.4. The van der Waals surface area contributed by atoms with Gasteiger partial charge in [0.1, 0.15) is 18.2 Å². The fourth-order valence-electron chi connectivity index (χ4n) is 4.95. The minimum Gasteiger partial charge on any atom is -0.489 e. The van der Waals surface area contributed by atoms with Crippen LogP contribution in [0, 0.1) is 11.2 Å². The van der Waals surface area contributed by atoms with Crippen LogP contribution in [0.15, 0.2) is 76.9 Å². The van der Waals surface area contributed by atoms with E-state index in [1.807, 2.05) is 58.0 Å². The van der Waals surface area contributed by atoms with E-state index in [1.54, 1.807) is 12.1 Å². The Morgan fingerprint density at radius 2 is 1.86 bits per heavy atom. The summed E-state index contributed by atoms with van der Waals surface area (Å²) in [4.78, 5) is 0.216. The van der Waals surface area contributed by atoms with Crippen molar-refractivity contribution in [2.45, 2.75) is 53.0 Å². The lowest BCUT2D eigenvalue weighted by atomic mass is 9.88. The first-order chi connectivity index (χ1) is 17.2. The number of hydrogen-bond donors (Lipinski definition) is 2. The maximum Gasteiger partial charge on any atom is 0.179 e. The van der Waals surface area contributed by atoms with Gasteiger partial charge in [-0.1, -0.05) is 58.1 Å². The van der Waals surface area contributed by atoms with Crippen LogP contribution in [0.25, 0.3) is 0 Å². The lowest BCUT2D eigenvalue weighted by Crippen LogP contribution is -2.35. The van der Waals surface area contributed by atoms with Gasteiger partial charge in [-0.2, -0.15) is 0 Å². The Morgan fingerprint density at radius 1 is 1.11 bits per heavy atom. The summed E-state index contributed by atoms with van der Waals surface area (Å²) in [5.41, 5.74) is 3.04. The number of allylic oxidation sites excluding steroid dienone is 3. The van der Waals surface area contributed by atoms with E-state index in [4.69, 9.17) is 4.74 Å². The van der Waals surface area contributed by atoms with Crippen molar-refractivity contribution in [1.29, 1.82) is 0 Å². The minimum atomic E-state index is -3.64. The molecule has 5 rings (SSSR count). The fraction of sp³-hybridized carbons (Fsp3) is 0.379. The standard InChI is InChI=1S/C27H29FN2O3S.C2H6.H2/c1-27(2)15-24-26(34(31,32)17-27)25(30-23-11-7-6-10-22(23)29-24)20-13-12-19(14-21(20)28)33-16-18-8-4-3-5-9-18;1-2;/h4,6-14,25,29-30H,3,5,15-17H2,1-2H3;1-2H3;1H. The van der Waals surface area contributed by atoms with Gasteiger partial charge < -0.3 is 15.4 Å². The van der Waals surface area contributed by atoms with Gasteiger partial charge in [0, 0.05) is 18.8 Å². The van der Waals surface area contributed by atoms with Crippen LogP contribution in [0.2, 0.25) is 0 Å². The number of rotatable bonds is 4. The number of hydrogen-bond acceptors (Lipinski definition) is 5. The molecule has 0 saturated heterocycles. The molecule has 3 aliphatic rings. The van der Waals surface area contributed by atoms with E-state index in [0.717, 1.165) is 29.8 Å². The summed E-state index contributed by atoms with van der Waals surface area (Å²) in [6.45, 7) is 8.25. The number of nitrogens with one attached hydrogen (secondary N) is 2. The van der Waals surface area contributed by atoms with Crippen molar-refractivity contribution in [3.05, 3.63) is 88.2 Å². The molecular formula is C29H37FN2O3S. The lowest BCUT2D eigenvalue weighted by molar-refractivity contribution is 0.352. The average molecular weight is 513 g/mol. The molecule has 2 aromatic carbocycles. The highest BCUT2D eigenvalue weighted by atomic mass is 32.2. The summed E-state index contributed by atoms with van der Waals surface area (Å²) >= 11 is 0. The molecule has 0 saturated carbocycles. The van der Waals surface area contributed by atoms with Gasteiger partial charge in [-0.25, -0.2) is 12.8 Å². The molecule has 2 aromatic rings. The summed E-state index contributed by atoms with van der Waals surface area (Å²) in [6.07, 6.45) is 8.81. The molecule has 1 atom stereocenters. The van der Waals surface area contributed by atoms with Gasteiger partial charge in [-0.3, -0.25) is 0 Å². The van der Waals surface area contributed by atoms with Crippen LogP contribution in [-0.2, 0) is 9.84 Å². The van der Waals surface area contributed by atoms with Crippen molar-refractivity contribution in [1.82, 2.24) is 0 Å². The fourth-order valence-corrected chi connectivity index (χ4v) is 7.28. The van der Waals surface area contributed by atoms with Gasteiger partial charge in [-0.05, 0) is 54.5 Å². The molecular weight excluding hydrogens is 475 g/mol. The second-order valence-corrected chi connectivity index (χ2v) is 11.9. The van der Waals surface area contributed by atoms with Crippen molar-refractivity contribution < 1.29 is 19.0 Å². The van der Waals surface area contributed by atoms with Crippen molar-refractivity contribution in [3.63, 3.8) is 0 Å². The maximum absolute atomic E-state index is 15.5. The topological polar surface area (TPSA) is 67.4 Å². The van der Waals surface area contributed by atoms with Gasteiger partial charge in [-0.15, -0.1) is 0 Å². The number of benzene rings is 2. The molecule has 7 heteroatoms. The van der Waals surface area contributed by atoms with Crippen molar-refractivity contribution in [3.8, 4) is 5.75 Å². The Bertz CT molecular complexity index is 1330. The van der Waals surface area contributed by atoms with Gasteiger partial charge in [0.15, 0.2) is 9.84 Å². The van der Waals surface area contributed by atoms with E-state index in [-0.39, 0.29) is 17.6 Å². The van der Waals surface area contributed by atoms with Gasteiger partial charge in [0.25, 0.3) is 0 Å². The molecule has 1 aliphatic carbocycles. The molecule has 5 nitrogen and oxygen atoms in total. The third-order valence-corrected chi connectivity index (χ3v) is 8.72. The van der Waals surface area contributed by atoms with Gasteiger partial charge >= 0.3 is 0 Å². The number of ether oxygens (including phenoxy) is 1. The Hall–Kier alpha value is -3.06. The van der Waals surface area contributed by atoms with Crippen LogP contribution < -0.4 is 15.4 Å². The van der Waals surface area contributed by atoms with E-state index in [9.17, 15) is 8.42 Å². The third kappa shape index (κ3) is 5.51. The summed E-state index contributed by atoms with van der Waals surface area (Å²) in [5, 5.41) is 6.64. The van der Waals surface area contributed by atoms with E-state index in [2.05, 4.69) is 22.8 Å². The first-order valence-electron chi connectivity index (χ1n) is 12.6. The average Bonchev–Trinajstić information content (AvgIpc) is 3.00. The molecule has 1 unspecified atom stereocenters. The van der Waals surface area contributed by atoms with E-state index in [1.165, 1.54) is 6.07 Å². The van der Waals surface area contributed by atoms with E-state index >= 15 is 4.39 Å². The van der Waals surface area contributed by atoms with Crippen LogP contribution >= 0.6 is 0 Å². The maximum atomic E-state index is 15.5. The molecule has 0 aromatic heterocycles. The number of anilines is 2. The number of fused-ring (bicyclic) bond motifs is 1. The summed E-state index contributed by atoms with van der Waals surface area (Å²) < 4.78 is 48.2. The van der Waals surface area contributed by atoms with Crippen molar-refractivity contribution >= 4 is 21.2 Å². The highest BCUT2D eigenvalue weighted by Crippen LogP contribution is 2.47. The Labute approximate surface area is 215 Å². The van der Waals surface area contributed by atoms with E-state index in [0.29, 0.717) is 24.5 Å². The monoisotopic (exact) mass is 512 g/mol. The van der Waals surface area contributed by atoms with Crippen LogP contribution in [0.4, 0.5) is 15.8 Å². The molecule has 0 radical (unpaired) electrons. The molecule has 2 heterocycles. The highest BCUT2D eigenvalue weighted by molar-refractivity contribution is 7.95. The zero-order chi connectivity index (χ0) is 25.9. The van der Waals surface area contributed by atoms with Gasteiger partial charge in [0.05, 0.1) is 28.1 Å². The number of sulfone groups is 1. The minimum absolute atomic E-state index is 0. The quantitative estimate of drug-likeness (QED) is 0.447. The second-order valence-electron chi connectivity index (χ2n) is 9.92. The predicted octanol–water partition coefficient (Wildman–Crippen LogP) is 7.39. The third-order valence-electron chi connectivity index (χ3n) is 6.40. The molecule has 0 bridgehead atoms. The summed E-state index contributed by atoms with van der Waals surface area (Å²) in [6, 6.07) is 11.4. The smallest absolute Gasteiger partial charge is 0.179 e. The van der Waals surface area contributed by atoms with Gasteiger partial charge in [0.2, 0.25) is 0 Å². The van der Waals surface area contributed by atoms with Crippen LogP contribution in [-0.4, -0.2) is 20.8 Å². The van der Waals surface area contributed by atoms with Crippen molar-refractivity contribution in [2.24, 2.45) is 5.41 Å². The molecule has 2 N–H and O–H groups in total. The molecule has 36 heavy (non-hydrogen) atoms. The molecule has 0 fully saturated rings. The van der Waals surface area contributed by atoms with Crippen LogP contribution in [0.5, 0.6) is 5.75 Å². The lowest BCUT2D eigenvalue weighted by Gasteiger charge is -2.34. The Morgan fingerprint density at radius 3 is 2.56 bits per heavy atom. The Balaban J connectivity index is 0.00000124. The second kappa shape index (κ2) is 10.5.